The van der Waals surface area contributed by atoms with E-state index in [9.17, 15) is 29.4 Å². The average Bonchev–Trinajstić information content (AvgIpc) is 2.49. The highest BCUT2D eigenvalue weighted by Gasteiger charge is 2.18. The number of nitrogens with zero attached hydrogens (tertiary/aromatic N) is 2. The summed E-state index contributed by atoms with van der Waals surface area (Å²) in [4.78, 5) is 32.0. The molecule has 2 rings (SSSR count). The minimum absolute atomic E-state index is 0.0843. The first-order chi connectivity index (χ1) is 10.8. The van der Waals surface area contributed by atoms with Crippen LogP contribution in [0.2, 0.25) is 5.02 Å². The minimum Gasteiger partial charge on any atom is -0.319 e. The lowest BCUT2D eigenvalue weighted by molar-refractivity contribution is -0.385. The SMILES string of the molecule is O=C(Nc1cc([N+](=O)[O-])ccc1F)c1cc([N+](=O)[O-])ccc1Cl. The molecule has 23 heavy (non-hydrogen) atoms. The van der Waals surface area contributed by atoms with Gasteiger partial charge in [-0.2, -0.15) is 0 Å². The molecule has 1 N–H and O–H groups in total. The van der Waals surface area contributed by atoms with Gasteiger partial charge < -0.3 is 5.32 Å². The molecule has 8 nitrogen and oxygen atoms in total. The van der Waals surface area contributed by atoms with Crippen molar-refractivity contribution in [3.05, 3.63) is 73.0 Å². The predicted molar refractivity (Wildman–Crippen MR) is 79.1 cm³/mol. The topological polar surface area (TPSA) is 115 Å². The van der Waals surface area contributed by atoms with Crippen LogP contribution in [-0.4, -0.2) is 15.8 Å². The molecule has 0 aliphatic carbocycles. The van der Waals surface area contributed by atoms with E-state index in [2.05, 4.69) is 5.32 Å². The summed E-state index contributed by atoms with van der Waals surface area (Å²) in [5.41, 5.74) is -1.50. The predicted octanol–water partition coefficient (Wildman–Crippen LogP) is 3.55. The maximum atomic E-state index is 13.6. The van der Waals surface area contributed by atoms with E-state index in [-0.39, 0.29) is 16.3 Å². The fraction of sp³-hybridized carbons (Fsp3) is 0. The highest BCUT2D eigenvalue weighted by Crippen LogP contribution is 2.25. The van der Waals surface area contributed by atoms with Gasteiger partial charge in [-0.05, 0) is 12.1 Å². The number of halogens is 2. The summed E-state index contributed by atoms with van der Waals surface area (Å²) in [7, 11) is 0. The van der Waals surface area contributed by atoms with E-state index in [1.165, 1.54) is 0 Å². The smallest absolute Gasteiger partial charge is 0.271 e. The first kappa shape index (κ1) is 16.3. The number of nitro benzene ring substituents is 2. The third kappa shape index (κ3) is 3.58. The molecule has 0 fully saturated rings. The lowest BCUT2D eigenvalue weighted by Gasteiger charge is -2.07. The van der Waals surface area contributed by atoms with Crippen molar-refractivity contribution in [2.45, 2.75) is 0 Å². The molecular weight excluding hydrogens is 333 g/mol. The van der Waals surface area contributed by atoms with Crippen molar-refractivity contribution in [1.82, 2.24) is 0 Å². The Morgan fingerprint density at radius 2 is 1.61 bits per heavy atom. The van der Waals surface area contributed by atoms with Gasteiger partial charge in [-0.1, -0.05) is 11.6 Å². The van der Waals surface area contributed by atoms with E-state index in [4.69, 9.17) is 11.6 Å². The highest BCUT2D eigenvalue weighted by atomic mass is 35.5. The van der Waals surface area contributed by atoms with Crippen LogP contribution in [0.25, 0.3) is 0 Å². The van der Waals surface area contributed by atoms with Crippen LogP contribution in [-0.2, 0) is 0 Å². The van der Waals surface area contributed by atoms with Crippen LogP contribution in [0.15, 0.2) is 36.4 Å². The second-order valence-electron chi connectivity index (χ2n) is 4.30. The first-order valence-corrected chi connectivity index (χ1v) is 6.36. The Morgan fingerprint density at radius 3 is 2.22 bits per heavy atom. The summed E-state index contributed by atoms with van der Waals surface area (Å²) in [5, 5.41) is 23.4. The number of benzene rings is 2. The molecule has 0 aromatic heterocycles. The van der Waals surface area contributed by atoms with E-state index >= 15 is 0 Å². The summed E-state index contributed by atoms with van der Waals surface area (Å²) in [6.07, 6.45) is 0. The number of carbonyl (C=O) groups is 1. The second-order valence-corrected chi connectivity index (χ2v) is 4.70. The molecule has 2 aromatic carbocycles. The van der Waals surface area contributed by atoms with Gasteiger partial charge in [0.05, 0.1) is 26.1 Å². The summed E-state index contributed by atoms with van der Waals surface area (Å²) in [6.45, 7) is 0. The van der Waals surface area contributed by atoms with Crippen LogP contribution in [0.3, 0.4) is 0 Å². The number of carbonyl (C=O) groups excluding carboxylic acids is 1. The van der Waals surface area contributed by atoms with Crippen LogP contribution in [0.4, 0.5) is 21.5 Å². The maximum absolute atomic E-state index is 13.6. The Kier molecular flexibility index (Phi) is 4.51. The summed E-state index contributed by atoms with van der Waals surface area (Å²) in [6, 6.07) is 5.77. The van der Waals surface area contributed by atoms with Crippen LogP contribution in [0.1, 0.15) is 10.4 Å². The first-order valence-electron chi connectivity index (χ1n) is 5.99. The van der Waals surface area contributed by atoms with Gasteiger partial charge in [0.15, 0.2) is 0 Å². The molecule has 2 aromatic rings. The third-order valence-corrected chi connectivity index (χ3v) is 3.14. The molecule has 10 heteroatoms. The maximum Gasteiger partial charge on any atom is 0.271 e. The normalized spacial score (nSPS) is 10.2. The van der Waals surface area contributed by atoms with Crippen molar-refractivity contribution in [1.29, 1.82) is 0 Å². The number of rotatable bonds is 4. The van der Waals surface area contributed by atoms with Crippen LogP contribution in [0, 0.1) is 26.0 Å². The van der Waals surface area contributed by atoms with Gasteiger partial charge in [0.1, 0.15) is 5.82 Å². The van der Waals surface area contributed by atoms with Crippen LogP contribution in [0.5, 0.6) is 0 Å². The Labute approximate surface area is 132 Å². The summed E-state index contributed by atoms with van der Waals surface area (Å²) in [5.74, 6) is -1.83. The van der Waals surface area contributed by atoms with Crippen LogP contribution < -0.4 is 5.32 Å². The third-order valence-electron chi connectivity index (χ3n) is 2.81. The van der Waals surface area contributed by atoms with Gasteiger partial charge in [0.25, 0.3) is 17.3 Å². The van der Waals surface area contributed by atoms with Gasteiger partial charge in [-0.3, -0.25) is 25.0 Å². The molecule has 0 saturated carbocycles. The number of non-ortho nitro benzene ring substituents is 2. The van der Waals surface area contributed by atoms with Crippen molar-refractivity contribution in [3.63, 3.8) is 0 Å². The second kappa shape index (κ2) is 6.36. The van der Waals surface area contributed by atoms with Crippen LogP contribution >= 0.6 is 11.6 Å². The zero-order valence-electron chi connectivity index (χ0n) is 11.2. The summed E-state index contributed by atoms with van der Waals surface area (Å²) >= 11 is 5.80. The number of hydrogen-bond donors (Lipinski definition) is 1. The Balaban J connectivity index is 2.36. The quantitative estimate of drug-likeness (QED) is 0.675. The van der Waals surface area contributed by atoms with Crippen molar-refractivity contribution < 1.29 is 19.0 Å². The monoisotopic (exact) mass is 339 g/mol. The highest BCUT2D eigenvalue weighted by molar-refractivity contribution is 6.34. The molecule has 0 aliphatic heterocycles. The van der Waals surface area contributed by atoms with Gasteiger partial charge in [0.2, 0.25) is 0 Å². The number of nitro groups is 2. The van der Waals surface area contributed by atoms with Gasteiger partial charge in [-0.25, -0.2) is 4.39 Å². The molecule has 118 valence electrons. The summed E-state index contributed by atoms with van der Waals surface area (Å²) < 4.78 is 13.6. The zero-order chi connectivity index (χ0) is 17.1. The van der Waals surface area contributed by atoms with E-state index in [0.29, 0.717) is 0 Å². The van der Waals surface area contributed by atoms with Crippen molar-refractivity contribution >= 4 is 34.6 Å². The number of hydrogen-bond acceptors (Lipinski definition) is 5. The Hall–Kier alpha value is -3.07. The molecule has 0 atom stereocenters. The van der Waals surface area contributed by atoms with E-state index < -0.39 is 32.9 Å². The number of anilines is 1. The standard InChI is InChI=1S/C13H7ClFN3O5/c14-10-3-1-7(17(20)21)5-9(10)13(19)16-12-6-8(18(22)23)2-4-11(12)15/h1-6H,(H,16,19). The molecule has 1 amide bonds. The molecule has 0 spiro atoms. The molecule has 0 saturated heterocycles. The molecule has 0 unspecified atom stereocenters. The fourth-order valence-electron chi connectivity index (χ4n) is 1.71. The van der Waals surface area contributed by atoms with E-state index in [0.717, 1.165) is 36.4 Å². The molecular formula is C13H7ClFN3O5. The molecule has 0 heterocycles. The van der Waals surface area contributed by atoms with Crippen molar-refractivity contribution in [2.24, 2.45) is 0 Å². The Bertz CT molecular complexity index is 827. The zero-order valence-corrected chi connectivity index (χ0v) is 11.9. The number of amides is 1. The molecule has 0 aliphatic rings. The number of nitrogens with one attached hydrogen (secondary N) is 1. The molecule has 0 bridgehead atoms. The Morgan fingerprint density at radius 1 is 1.04 bits per heavy atom. The minimum atomic E-state index is -0.932. The van der Waals surface area contributed by atoms with Gasteiger partial charge in [0, 0.05) is 24.3 Å². The van der Waals surface area contributed by atoms with E-state index in [1.807, 2.05) is 0 Å². The van der Waals surface area contributed by atoms with E-state index in [1.54, 1.807) is 0 Å². The lowest BCUT2D eigenvalue weighted by atomic mass is 10.1. The van der Waals surface area contributed by atoms with Gasteiger partial charge in [-0.15, -0.1) is 0 Å². The van der Waals surface area contributed by atoms with Crippen molar-refractivity contribution in [2.75, 3.05) is 5.32 Å². The average molecular weight is 340 g/mol. The van der Waals surface area contributed by atoms with Crippen molar-refractivity contribution in [3.8, 4) is 0 Å². The fourth-order valence-corrected chi connectivity index (χ4v) is 1.92. The van der Waals surface area contributed by atoms with Gasteiger partial charge >= 0.3 is 0 Å². The largest absolute Gasteiger partial charge is 0.319 e. The lowest BCUT2D eigenvalue weighted by Crippen LogP contribution is -2.14. The molecule has 0 radical (unpaired) electrons.